The number of H-pyrrole nitrogens is 1. The molecule has 0 saturated carbocycles. The minimum absolute atomic E-state index is 0.137. The van der Waals surface area contributed by atoms with Crippen molar-refractivity contribution in [3.63, 3.8) is 0 Å². The van der Waals surface area contributed by atoms with E-state index in [0.29, 0.717) is 12.6 Å². The summed E-state index contributed by atoms with van der Waals surface area (Å²) in [4.78, 5) is 32.3. The highest BCUT2D eigenvalue weighted by Crippen LogP contribution is 2.22. The Balaban J connectivity index is 1.61. The lowest BCUT2D eigenvalue weighted by atomic mass is 9.99. The van der Waals surface area contributed by atoms with Crippen LogP contribution in [0.3, 0.4) is 0 Å². The van der Waals surface area contributed by atoms with Crippen molar-refractivity contribution in [3.05, 3.63) is 46.2 Å². The standard InChI is InChI=1S/C18H21N3O2/c22-17-15(11-13-5-1-2-7-16(13)19-17)18(23)21-10-9-20-8-4-3-6-14(20)12-21/h1-2,5,7,11,14H,3-4,6,8-10,12H2,(H,19,22). The van der Waals surface area contributed by atoms with Gasteiger partial charge in [0.25, 0.3) is 11.5 Å². The van der Waals surface area contributed by atoms with Crippen molar-refractivity contribution in [2.75, 3.05) is 26.2 Å². The van der Waals surface area contributed by atoms with Crippen LogP contribution in [0.1, 0.15) is 29.6 Å². The third kappa shape index (κ3) is 2.65. The second-order valence-corrected chi connectivity index (χ2v) is 6.54. The molecule has 2 aliphatic rings. The van der Waals surface area contributed by atoms with Crippen molar-refractivity contribution in [2.45, 2.75) is 25.3 Å². The van der Waals surface area contributed by atoms with Crippen LogP contribution in [-0.4, -0.2) is 52.9 Å². The zero-order chi connectivity index (χ0) is 15.8. The Morgan fingerprint density at radius 2 is 2.00 bits per heavy atom. The number of hydrogen-bond acceptors (Lipinski definition) is 3. The first-order chi connectivity index (χ1) is 11.2. The predicted molar refractivity (Wildman–Crippen MR) is 89.7 cm³/mol. The fourth-order valence-corrected chi connectivity index (χ4v) is 3.82. The number of carbonyl (C=O) groups is 1. The molecule has 1 atom stereocenters. The average Bonchev–Trinajstić information content (AvgIpc) is 2.60. The number of piperidine rings is 1. The number of amides is 1. The molecule has 0 bridgehead atoms. The number of nitrogens with zero attached hydrogens (tertiary/aromatic N) is 2. The number of aromatic nitrogens is 1. The van der Waals surface area contributed by atoms with Crippen LogP contribution < -0.4 is 5.56 Å². The van der Waals surface area contributed by atoms with E-state index >= 15 is 0 Å². The largest absolute Gasteiger partial charge is 0.336 e. The summed E-state index contributed by atoms with van der Waals surface area (Å²) in [6, 6.07) is 9.75. The Bertz CT molecular complexity index is 798. The summed E-state index contributed by atoms with van der Waals surface area (Å²) >= 11 is 0. The highest BCUT2D eigenvalue weighted by Gasteiger charge is 2.32. The van der Waals surface area contributed by atoms with E-state index < -0.39 is 0 Å². The minimum Gasteiger partial charge on any atom is -0.336 e. The smallest absolute Gasteiger partial charge is 0.261 e. The van der Waals surface area contributed by atoms with E-state index in [1.54, 1.807) is 6.07 Å². The zero-order valence-electron chi connectivity index (χ0n) is 13.1. The fraction of sp³-hybridized carbons (Fsp3) is 0.444. The maximum Gasteiger partial charge on any atom is 0.261 e. The van der Waals surface area contributed by atoms with Crippen molar-refractivity contribution in [1.82, 2.24) is 14.8 Å². The first-order valence-corrected chi connectivity index (χ1v) is 8.38. The van der Waals surface area contributed by atoms with Crippen LogP contribution in [0.25, 0.3) is 10.9 Å². The van der Waals surface area contributed by atoms with Gasteiger partial charge in [-0.05, 0) is 36.9 Å². The number of aromatic amines is 1. The zero-order valence-corrected chi connectivity index (χ0v) is 13.1. The molecule has 1 aromatic carbocycles. The molecule has 0 radical (unpaired) electrons. The van der Waals surface area contributed by atoms with Crippen LogP contribution in [0, 0.1) is 0 Å². The van der Waals surface area contributed by atoms with Crippen molar-refractivity contribution in [1.29, 1.82) is 0 Å². The number of nitrogens with one attached hydrogen (secondary N) is 1. The van der Waals surface area contributed by atoms with Crippen molar-refractivity contribution >= 4 is 16.8 Å². The predicted octanol–water partition coefficient (Wildman–Crippen LogP) is 1.84. The number of carbonyl (C=O) groups excluding carboxylic acids is 1. The highest BCUT2D eigenvalue weighted by molar-refractivity contribution is 5.97. The third-order valence-electron chi connectivity index (χ3n) is 5.11. The molecule has 3 heterocycles. The van der Waals surface area contributed by atoms with Gasteiger partial charge in [0.05, 0.1) is 0 Å². The Labute approximate surface area is 134 Å². The van der Waals surface area contributed by atoms with Crippen LogP contribution >= 0.6 is 0 Å². The number of pyridine rings is 1. The van der Waals surface area contributed by atoms with Gasteiger partial charge >= 0.3 is 0 Å². The van der Waals surface area contributed by atoms with Gasteiger partial charge in [-0.15, -0.1) is 0 Å². The number of para-hydroxylation sites is 1. The van der Waals surface area contributed by atoms with E-state index in [0.717, 1.165) is 37.0 Å². The molecule has 0 spiro atoms. The van der Waals surface area contributed by atoms with Crippen LogP contribution in [-0.2, 0) is 0 Å². The molecule has 5 nitrogen and oxygen atoms in total. The molecule has 2 aliphatic heterocycles. The summed E-state index contributed by atoms with van der Waals surface area (Å²) in [6.45, 7) is 3.51. The van der Waals surface area contributed by atoms with E-state index in [-0.39, 0.29) is 17.0 Å². The molecule has 0 aliphatic carbocycles. The normalized spacial score (nSPS) is 22.1. The van der Waals surface area contributed by atoms with Gasteiger partial charge in [-0.25, -0.2) is 0 Å². The molecular formula is C18H21N3O2. The van der Waals surface area contributed by atoms with E-state index in [4.69, 9.17) is 0 Å². The lowest BCUT2D eigenvalue weighted by Crippen LogP contribution is -2.56. The van der Waals surface area contributed by atoms with Gasteiger partial charge < -0.3 is 9.88 Å². The third-order valence-corrected chi connectivity index (χ3v) is 5.11. The van der Waals surface area contributed by atoms with Gasteiger partial charge in [-0.3, -0.25) is 14.5 Å². The fourth-order valence-electron chi connectivity index (χ4n) is 3.82. The maximum absolute atomic E-state index is 12.8. The lowest BCUT2D eigenvalue weighted by molar-refractivity contribution is 0.0371. The molecule has 2 aromatic rings. The second kappa shape index (κ2) is 5.81. The van der Waals surface area contributed by atoms with E-state index in [1.807, 2.05) is 29.2 Å². The second-order valence-electron chi connectivity index (χ2n) is 6.54. The van der Waals surface area contributed by atoms with Crippen LogP contribution in [0.15, 0.2) is 35.1 Å². The molecule has 1 amide bonds. The summed E-state index contributed by atoms with van der Waals surface area (Å²) in [5, 5.41) is 0.895. The maximum atomic E-state index is 12.8. The van der Waals surface area contributed by atoms with E-state index in [2.05, 4.69) is 9.88 Å². The Morgan fingerprint density at radius 3 is 2.91 bits per heavy atom. The number of hydrogen-bond donors (Lipinski definition) is 1. The van der Waals surface area contributed by atoms with Crippen molar-refractivity contribution in [2.24, 2.45) is 0 Å². The Kier molecular flexibility index (Phi) is 3.65. The summed E-state index contributed by atoms with van der Waals surface area (Å²) in [5.41, 5.74) is 0.735. The molecular weight excluding hydrogens is 290 g/mol. The number of fused-ring (bicyclic) bond motifs is 2. The molecule has 23 heavy (non-hydrogen) atoms. The molecule has 5 heteroatoms. The van der Waals surface area contributed by atoms with Crippen molar-refractivity contribution < 1.29 is 4.79 Å². The van der Waals surface area contributed by atoms with Gasteiger partial charge in [-0.1, -0.05) is 24.6 Å². The van der Waals surface area contributed by atoms with E-state index in [1.165, 1.54) is 12.8 Å². The lowest BCUT2D eigenvalue weighted by Gasteiger charge is -2.44. The molecule has 2 saturated heterocycles. The van der Waals surface area contributed by atoms with Crippen LogP contribution in [0.5, 0.6) is 0 Å². The van der Waals surface area contributed by atoms with Crippen molar-refractivity contribution in [3.8, 4) is 0 Å². The average molecular weight is 311 g/mol. The summed E-state index contributed by atoms with van der Waals surface area (Å²) in [7, 11) is 0. The van der Waals surface area contributed by atoms with Crippen LogP contribution in [0.4, 0.5) is 0 Å². The number of benzene rings is 1. The first-order valence-electron chi connectivity index (χ1n) is 8.38. The molecule has 2 fully saturated rings. The highest BCUT2D eigenvalue weighted by atomic mass is 16.2. The summed E-state index contributed by atoms with van der Waals surface area (Å²) < 4.78 is 0. The molecule has 1 aromatic heterocycles. The molecule has 1 unspecified atom stereocenters. The SMILES string of the molecule is O=C(c1cc2ccccc2[nH]c1=O)N1CCN2CCCCC2C1. The van der Waals surface area contributed by atoms with Gasteiger partial charge in [0.1, 0.15) is 5.56 Å². The Morgan fingerprint density at radius 1 is 1.13 bits per heavy atom. The quantitative estimate of drug-likeness (QED) is 0.874. The van der Waals surface area contributed by atoms with Gasteiger partial charge in [0, 0.05) is 31.2 Å². The minimum atomic E-state index is -0.292. The topological polar surface area (TPSA) is 56.4 Å². The molecule has 120 valence electrons. The van der Waals surface area contributed by atoms with Gasteiger partial charge in [0.15, 0.2) is 0 Å². The Hall–Kier alpha value is -2.14. The molecule has 1 N–H and O–H groups in total. The number of rotatable bonds is 1. The summed E-state index contributed by atoms with van der Waals surface area (Å²) in [5.74, 6) is -0.137. The molecule has 4 rings (SSSR count). The van der Waals surface area contributed by atoms with E-state index in [9.17, 15) is 9.59 Å². The first kappa shape index (κ1) is 14.5. The van der Waals surface area contributed by atoms with Gasteiger partial charge in [0.2, 0.25) is 0 Å². The summed E-state index contributed by atoms with van der Waals surface area (Å²) in [6.07, 6.45) is 3.65. The van der Waals surface area contributed by atoms with Crippen LogP contribution in [0.2, 0.25) is 0 Å². The van der Waals surface area contributed by atoms with Gasteiger partial charge in [-0.2, -0.15) is 0 Å². The monoisotopic (exact) mass is 311 g/mol. The number of piperazine rings is 1.